The zero-order valence-corrected chi connectivity index (χ0v) is 12.7. The van der Waals surface area contributed by atoms with Crippen molar-refractivity contribution in [2.45, 2.75) is 37.2 Å². The van der Waals surface area contributed by atoms with Gasteiger partial charge in [-0.25, -0.2) is 8.42 Å². The lowest BCUT2D eigenvalue weighted by molar-refractivity contribution is 0.436. The van der Waals surface area contributed by atoms with Gasteiger partial charge in [0.05, 0.1) is 4.90 Å². The monoisotopic (exact) mass is 294 g/mol. The van der Waals surface area contributed by atoms with Gasteiger partial charge in [-0.3, -0.25) is 0 Å². The lowest BCUT2D eigenvalue weighted by atomic mass is 10.2. The zero-order valence-electron chi connectivity index (χ0n) is 11.9. The average molecular weight is 294 g/mol. The van der Waals surface area contributed by atoms with Gasteiger partial charge in [0, 0.05) is 19.1 Å². The first kappa shape index (κ1) is 15.2. The largest absolute Gasteiger partial charge is 0.313 e. The van der Waals surface area contributed by atoms with E-state index < -0.39 is 10.0 Å². The summed E-state index contributed by atoms with van der Waals surface area (Å²) in [5.74, 6) is 0. The molecule has 1 saturated carbocycles. The summed E-state index contributed by atoms with van der Waals surface area (Å²) in [6, 6.07) is 7.32. The Hall–Kier alpha value is -1.17. The number of hydrogen-bond acceptors (Lipinski definition) is 3. The van der Waals surface area contributed by atoms with Gasteiger partial charge in [0.1, 0.15) is 0 Å². The number of hydrogen-bond donors (Lipinski definition) is 1. The van der Waals surface area contributed by atoms with Gasteiger partial charge in [-0.1, -0.05) is 25.1 Å². The standard InChI is InChI=1S/C15H22N2O2S/c1-3-10-17(14-8-9-14)20(18,19)15-7-5-6-13(11-15)12-16-4-2/h3,5-7,11,14,16H,1,4,8-10,12H2,2H3. The molecule has 1 N–H and O–H groups in total. The maximum atomic E-state index is 12.7. The van der Waals surface area contributed by atoms with E-state index in [0.29, 0.717) is 18.0 Å². The fraction of sp³-hybridized carbons (Fsp3) is 0.467. The van der Waals surface area contributed by atoms with Crippen molar-refractivity contribution >= 4 is 10.0 Å². The SMILES string of the molecule is C=CCN(C1CC1)S(=O)(=O)c1cccc(CNCC)c1. The maximum Gasteiger partial charge on any atom is 0.243 e. The van der Waals surface area contributed by atoms with Gasteiger partial charge in [-0.05, 0) is 37.1 Å². The van der Waals surface area contributed by atoms with Gasteiger partial charge >= 0.3 is 0 Å². The van der Waals surface area contributed by atoms with Crippen LogP contribution in [0.4, 0.5) is 0 Å². The van der Waals surface area contributed by atoms with Crippen LogP contribution in [-0.4, -0.2) is 31.9 Å². The third kappa shape index (κ3) is 3.48. The molecule has 4 nitrogen and oxygen atoms in total. The summed E-state index contributed by atoms with van der Waals surface area (Å²) in [5.41, 5.74) is 0.988. The Morgan fingerprint density at radius 1 is 1.45 bits per heavy atom. The second kappa shape index (κ2) is 6.52. The predicted octanol–water partition coefficient (Wildman–Crippen LogP) is 2.14. The summed E-state index contributed by atoms with van der Waals surface area (Å²) in [6.45, 7) is 7.61. The molecule has 0 aliphatic heterocycles. The van der Waals surface area contributed by atoms with E-state index in [4.69, 9.17) is 0 Å². The zero-order chi connectivity index (χ0) is 14.6. The molecule has 2 rings (SSSR count). The highest BCUT2D eigenvalue weighted by atomic mass is 32.2. The Morgan fingerprint density at radius 3 is 2.80 bits per heavy atom. The number of nitrogens with one attached hydrogen (secondary N) is 1. The molecule has 0 heterocycles. The van der Waals surface area contributed by atoms with Crippen LogP contribution in [0.15, 0.2) is 41.8 Å². The van der Waals surface area contributed by atoms with Crippen molar-refractivity contribution in [1.82, 2.24) is 9.62 Å². The van der Waals surface area contributed by atoms with E-state index in [1.54, 1.807) is 28.6 Å². The fourth-order valence-corrected chi connectivity index (χ4v) is 3.88. The Balaban J connectivity index is 2.25. The van der Waals surface area contributed by atoms with Crippen LogP contribution in [0.5, 0.6) is 0 Å². The molecule has 0 amide bonds. The average Bonchev–Trinajstić information content (AvgIpc) is 3.27. The number of rotatable bonds is 8. The van der Waals surface area contributed by atoms with Gasteiger partial charge in [0.25, 0.3) is 0 Å². The summed E-state index contributed by atoms with van der Waals surface area (Å²) < 4.78 is 26.9. The van der Waals surface area contributed by atoms with Gasteiger partial charge in [0.2, 0.25) is 10.0 Å². The molecular weight excluding hydrogens is 272 g/mol. The molecular formula is C15H22N2O2S. The van der Waals surface area contributed by atoms with Crippen LogP contribution < -0.4 is 5.32 Å². The highest BCUT2D eigenvalue weighted by Gasteiger charge is 2.37. The van der Waals surface area contributed by atoms with Gasteiger partial charge < -0.3 is 5.32 Å². The smallest absolute Gasteiger partial charge is 0.243 e. The van der Waals surface area contributed by atoms with Crippen LogP contribution in [0.2, 0.25) is 0 Å². The molecule has 20 heavy (non-hydrogen) atoms. The second-order valence-electron chi connectivity index (χ2n) is 5.02. The van der Waals surface area contributed by atoms with E-state index in [2.05, 4.69) is 11.9 Å². The molecule has 5 heteroatoms. The van der Waals surface area contributed by atoms with Crippen LogP contribution in [0.25, 0.3) is 0 Å². The van der Waals surface area contributed by atoms with Gasteiger partial charge in [0.15, 0.2) is 0 Å². The molecule has 0 atom stereocenters. The van der Waals surface area contributed by atoms with Crippen LogP contribution >= 0.6 is 0 Å². The Kier molecular flexibility index (Phi) is 4.96. The first-order valence-electron chi connectivity index (χ1n) is 7.02. The summed E-state index contributed by atoms with van der Waals surface area (Å²) in [7, 11) is -3.41. The van der Waals surface area contributed by atoms with Crippen molar-refractivity contribution in [2.24, 2.45) is 0 Å². The van der Waals surface area contributed by atoms with Crippen molar-refractivity contribution < 1.29 is 8.42 Å². The summed E-state index contributed by atoms with van der Waals surface area (Å²) in [6.07, 6.45) is 3.55. The molecule has 1 fully saturated rings. The first-order valence-corrected chi connectivity index (χ1v) is 8.46. The van der Waals surface area contributed by atoms with Crippen LogP contribution in [0, 0.1) is 0 Å². The maximum absolute atomic E-state index is 12.7. The number of sulfonamides is 1. The molecule has 0 bridgehead atoms. The summed E-state index contributed by atoms with van der Waals surface area (Å²) in [5, 5.41) is 3.21. The molecule has 0 spiro atoms. The van der Waals surface area contributed by atoms with E-state index >= 15 is 0 Å². The highest BCUT2D eigenvalue weighted by Crippen LogP contribution is 2.32. The van der Waals surface area contributed by atoms with Crippen molar-refractivity contribution in [3.05, 3.63) is 42.5 Å². The Bertz CT molecular complexity index is 565. The van der Waals surface area contributed by atoms with Crippen LogP contribution in [-0.2, 0) is 16.6 Å². The van der Waals surface area contributed by atoms with Crippen molar-refractivity contribution in [3.63, 3.8) is 0 Å². The third-order valence-corrected chi connectivity index (χ3v) is 5.26. The van der Waals surface area contributed by atoms with Crippen molar-refractivity contribution in [1.29, 1.82) is 0 Å². The Labute approximate surface area is 121 Å². The van der Waals surface area contributed by atoms with E-state index in [0.717, 1.165) is 24.9 Å². The van der Waals surface area contributed by atoms with Crippen molar-refractivity contribution in [3.8, 4) is 0 Å². The lowest BCUT2D eigenvalue weighted by Gasteiger charge is -2.20. The molecule has 1 aliphatic carbocycles. The quantitative estimate of drug-likeness (QED) is 0.747. The van der Waals surface area contributed by atoms with Gasteiger partial charge in [-0.15, -0.1) is 6.58 Å². The first-order chi connectivity index (χ1) is 9.59. The van der Waals surface area contributed by atoms with E-state index in [1.165, 1.54) is 0 Å². The Morgan fingerprint density at radius 2 is 2.20 bits per heavy atom. The van der Waals surface area contributed by atoms with E-state index in [9.17, 15) is 8.42 Å². The molecule has 0 saturated heterocycles. The predicted molar refractivity (Wildman–Crippen MR) is 80.9 cm³/mol. The number of nitrogens with zero attached hydrogens (tertiary/aromatic N) is 1. The second-order valence-corrected chi connectivity index (χ2v) is 6.91. The normalized spacial score (nSPS) is 15.5. The molecule has 0 radical (unpaired) electrons. The molecule has 1 aromatic rings. The molecule has 0 aromatic heterocycles. The minimum absolute atomic E-state index is 0.149. The number of benzene rings is 1. The lowest BCUT2D eigenvalue weighted by Crippen LogP contribution is -2.33. The minimum Gasteiger partial charge on any atom is -0.313 e. The summed E-state index contributed by atoms with van der Waals surface area (Å²) in [4.78, 5) is 0.377. The third-order valence-electron chi connectivity index (χ3n) is 3.35. The molecule has 110 valence electrons. The van der Waals surface area contributed by atoms with Gasteiger partial charge in [-0.2, -0.15) is 4.31 Å². The van der Waals surface area contributed by atoms with Crippen LogP contribution in [0.3, 0.4) is 0 Å². The highest BCUT2D eigenvalue weighted by molar-refractivity contribution is 7.89. The molecule has 1 aromatic carbocycles. The minimum atomic E-state index is -3.41. The van der Waals surface area contributed by atoms with Crippen LogP contribution in [0.1, 0.15) is 25.3 Å². The summed E-state index contributed by atoms with van der Waals surface area (Å²) >= 11 is 0. The van der Waals surface area contributed by atoms with E-state index in [1.807, 2.05) is 13.0 Å². The van der Waals surface area contributed by atoms with E-state index in [-0.39, 0.29) is 6.04 Å². The topological polar surface area (TPSA) is 49.4 Å². The van der Waals surface area contributed by atoms with Crippen molar-refractivity contribution in [2.75, 3.05) is 13.1 Å². The molecule has 1 aliphatic rings. The molecule has 0 unspecified atom stereocenters. The fourth-order valence-electron chi connectivity index (χ4n) is 2.15.